The minimum absolute atomic E-state index is 0.0515. The Hall–Kier alpha value is -2.06. The van der Waals surface area contributed by atoms with Crippen LogP contribution in [0.3, 0.4) is 0 Å². The molecule has 3 atom stereocenters. The number of hydrogen-bond acceptors (Lipinski definition) is 5. The molecular weight excluding hydrogens is 876 g/mol. The quantitative estimate of drug-likeness (QED) is 0.0243. The smallest absolute Gasteiger partial charge is 0.387 e. The first kappa shape index (κ1) is 66.9. The van der Waals surface area contributed by atoms with E-state index >= 15 is 0 Å². The Kier molecular flexibility index (Phi) is 49.3. The average molecular weight is 989 g/mol. The molecule has 0 radical (unpaired) electrons. The van der Waals surface area contributed by atoms with Gasteiger partial charge in [-0.05, 0) is 70.6 Å². The van der Waals surface area contributed by atoms with Gasteiger partial charge in [0.05, 0.1) is 39.9 Å². The van der Waals surface area contributed by atoms with E-state index in [0.29, 0.717) is 17.4 Å². The summed E-state index contributed by atoms with van der Waals surface area (Å²) in [6.07, 6.45) is 70.1. The summed E-state index contributed by atoms with van der Waals surface area (Å²) in [5, 5.41) is 13.9. The summed E-state index contributed by atoms with van der Waals surface area (Å²) in [5.74, 6) is -0.196. The van der Waals surface area contributed by atoms with Gasteiger partial charge in [0.1, 0.15) is 13.2 Å². The summed E-state index contributed by atoms with van der Waals surface area (Å²) < 4.78 is 23.7. The van der Waals surface area contributed by atoms with Crippen molar-refractivity contribution in [2.75, 3.05) is 40.9 Å². The number of hydrogen-bond donors (Lipinski definition) is 3. The van der Waals surface area contributed by atoms with Crippen molar-refractivity contribution >= 4 is 13.7 Å². The Labute approximate surface area is 427 Å². The highest BCUT2D eigenvalue weighted by Gasteiger charge is 2.27. The molecule has 0 aromatic rings. The topological polar surface area (TPSA) is 105 Å². The fourth-order valence-corrected chi connectivity index (χ4v) is 8.90. The van der Waals surface area contributed by atoms with Crippen LogP contribution in [-0.2, 0) is 18.4 Å². The number of unbranched alkanes of at least 4 members (excludes halogenated alkanes) is 29. The first-order chi connectivity index (χ1) is 33.5. The van der Waals surface area contributed by atoms with Crippen LogP contribution < -0.4 is 5.32 Å². The van der Waals surface area contributed by atoms with E-state index in [1.807, 2.05) is 27.2 Å². The van der Waals surface area contributed by atoms with Gasteiger partial charge in [-0.1, -0.05) is 247 Å². The van der Waals surface area contributed by atoms with Gasteiger partial charge in [0, 0.05) is 6.42 Å². The predicted octanol–water partition coefficient (Wildman–Crippen LogP) is 17.5. The Morgan fingerprint density at radius 2 is 0.884 bits per heavy atom. The first-order valence-electron chi connectivity index (χ1n) is 28.8. The highest BCUT2D eigenvalue weighted by atomic mass is 31.2. The Bertz CT molecular complexity index is 1350. The van der Waals surface area contributed by atoms with Gasteiger partial charge in [-0.2, -0.15) is 0 Å². The van der Waals surface area contributed by atoms with E-state index in [9.17, 15) is 19.4 Å². The standard InChI is InChI=1S/C60H111N2O6P/c1-6-8-10-12-14-16-18-20-22-24-26-28-29-30-31-32-34-35-37-39-41-43-45-47-49-51-53-59(63)58(57-68-69(65,66)67-56-55-62(3,4)5)61-60(64)54-52-50-48-46-44-42-40-38-36-33-27-25-23-21-19-17-15-13-11-9-7-2/h9,11,15,17,21,23,27,33,43,45,51,53,58-59,63H,6-8,10,12-14,16,18-20,22,24-26,28-32,34-42,44,46-50,52,54-57H2,1-5H3,(H-,61,64,65,66)/p+1/b11-9-,17-15-,23-21-,33-27-,45-43+,53-51+. The molecule has 0 aromatic heterocycles. The highest BCUT2D eigenvalue weighted by Crippen LogP contribution is 2.43. The predicted molar refractivity (Wildman–Crippen MR) is 300 cm³/mol. The molecule has 0 aliphatic heterocycles. The summed E-state index contributed by atoms with van der Waals surface area (Å²) in [6, 6.07) is -0.873. The van der Waals surface area contributed by atoms with E-state index in [4.69, 9.17) is 9.05 Å². The summed E-state index contributed by atoms with van der Waals surface area (Å²) in [6.45, 7) is 4.69. The molecule has 0 bridgehead atoms. The van der Waals surface area contributed by atoms with Crippen LogP contribution >= 0.6 is 7.82 Å². The van der Waals surface area contributed by atoms with Crippen molar-refractivity contribution in [3.05, 3.63) is 72.9 Å². The zero-order chi connectivity index (χ0) is 50.6. The SMILES string of the molecule is CC/C=C\C/C=C\C/C=C\C/C=C\CCCCCCCCCCC(=O)NC(COP(=O)(O)OCC[N+](C)(C)C)C(O)/C=C/CC/C=C/CCCCCCCCCCCCCCCCCCCCCC. The van der Waals surface area contributed by atoms with Crippen LogP contribution in [0.1, 0.15) is 251 Å². The first-order valence-corrected chi connectivity index (χ1v) is 30.3. The summed E-state index contributed by atoms with van der Waals surface area (Å²) in [5.41, 5.74) is 0. The molecule has 402 valence electrons. The van der Waals surface area contributed by atoms with Gasteiger partial charge in [-0.15, -0.1) is 0 Å². The minimum atomic E-state index is -4.36. The fraction of sp³-hybridized carbons (Fsp3) is 0.783. The molecule has 1 amide bonds. The van der Waals surface area contributed by atoms with Crippen LogP contribution in [0.2, 0.25) is 0 Å². The number of amides is 1. The lowest BCUT2D eigenvalue weighted by Gasteiger charge is -2.25. The molecule has 3 unspecified atom stereocenters. The van der Waals surface area contributed by atoms with Gasteiger partial charge in [-0.3, -0.25) is 13.8 Å². The zero-order valence-corrected chi connectivity index (χ0v) is 46.7. The van der Waals surface area contributed by atoms with E-state index in [0.717, 1.165) is 70.6 Å². The Morgan fingerprint density at radius 3 is 1.33 bits per heavy atom. The summed E-state index contributed by atoms with van der Waals surface area (Å²) in [7, 11) is 1.54. The number of carbonyl (C=O) groups is 1. The molecule has 9 heteroatoms. The van der Waals surface area contributed by atoms with Crippen molar-refractivity contribution in [1.29, 1.82) is 0 Å². The largest absolute Gasteiger partial charge is 0.472 e. The van der Waals surface area contributed by atoms with E-state index in [1.165, 1.54) is 161 Å². The van der Waals surface area contributed by atoms with Crippen molar-refractivity contribution in [2.45, 2.75) is 264 Å². The zero-order valence-electron chi connectivity index (χ0n) is 45.8. The number of allylic oxidation sites excluding steroid dienone is 11. The lowest BCUT2D eigenvalue weighted by atomic mass is 10.0. The Balaban J connectivity index is 4.28. The molecule has 0 saturated heterocycles. The van der Waals surface area contributed by atoms with Gasteiger partial charge < -0.3 is 19.8 Å². The number of carbonyl (C=O) groups excluding carboxylic acids is 1. The normalized spacial score (nSPS) is 14.5. The minimum Gasteiger partial charge on any atom is -0.387 e. The number of aliphatic hydroxyl groups is 1. The third-order valence-corrected chi connectivity index (χ3v) is 13.6. The van der Waals surface area contributed by atoms with Gasteiger partial charge in [0.15, 0.2) is 0 Å². The van der Waals surface area contributed by atoms with Crippen molar-refractivity contribution in [1.82, 2.24) is 5.32 Å². The van der Waals surface area contributed by atoms with E-state index in [1.54, 1.807) is 6.08 Å². The van der Waals surface area contributed by atoms with Crippen LogP contribution in [0.15, 0.2) is 72.9 Å². The van der Waals surface area contributed by atoms with Crippen LogP contribution in [0.25, 0.3) is 0 Å². The molecule has 0 aliphatic carbocycles. The molecule has 0 aromatic carbocycles. The van der Waals surface area contributed by atoms with Gasteiger partial charge in [-0.25, -0.2) is 4.57 Å². The van der Waals surface area contributed by atoms with E-state index in [-0.39, 0.29) is 19.1 Å². The molecule has 8 nitrogen and oxygen atoms in total. The van der Waals surface area contributed by atoms with Gasteiger partial charge >= 0.3 is 7.82 Å². The van der Waals surface area contributed by atoms with E-state index in [2.05, 4.69) is 79.9 Å². The van der Waals surface area contributed by atoms with Gasteiger partial charge in [0.25, 0.3) is 0 Å². The summed E-state index contributed by atoms with van der Waals surface area (Å²) in [4.78, 5) is 23.3. The molecule has 0 heterocycles. The van der Waals surface area contributed by atoms with Gasteiger partial charge in [0.2, 0.25) is 5.91 Å². The second kappa shape index (κ2) is 50.9. The fourth-order valence-electron chi connectivity index (χ4n) is 8.17. The summed E-state index contributed by atoms with van der Waals surface area (Å²) >= 11 is 0. The van der Waals surface area contributed by atoms with Crippen LogP contribution in [0.5, 0.6) is 0 Å². The lowest BCUT2D eigenvalue weighted by molar-refractivity contribution is -0.870. The maximum absolute atomic E-state index is 13.0. The number of phosphoric ester groups is 1. The second-order valence-corrected chi connectivity index (χ2v) is 22.1. The third-order valence-electron chi connectivity index (χ3n) is 12.7. The molecule has 0 rings (SSSR count). The number of aliphatic hydroxyl groups excluding tert-OH is 1. The Morgan fingerprint density at radius 1 is 0.507 bits per heavy atom. The number of rotatable bonds is 52. The van der Waals surface area contributed by atoms with Crippen LogP contribution in [0.4, 0.5) is 0 Å². The van der Waals surface area contributed by atoms with Crippen molar-refractivity contribution in [2.24, 2.45) is 0 Å². The second-order valence-electron chi connectivity index (χ2n) is 20.6. The molecule has 69 heavy (non-hydrogen) atoms. The maximum Gasteiger partial charge on any atom is 0.472 e. The number of nitrogens with zero attached hydrogens (tertiary/aromatic N) is 1. The van der Waals surface area contributed by atoms with Crippen molar-refractivity contribution < 1.29 is 32.9 Å². The molecule has 0 aliphatic rings. The molecule has 3 N–H and O–H groups in total. The molecular formula is C60H112N2O6P+. The van der Waals surface area contributed by atoms with Crippen LogP contribution in [-0.4, -0.2) is 73.4 Å². The molecule has 0 saturated carbocycles. The third kappa shape index (κ3) is 53.6. The van der Waals surface area contributed by atoms with E-state index < -0.39 is 20.0 Å². The number of quaternary nitrogens is 1. The highest BCUT2D eigenvalue weighted by molar-refractivity contribution is 7.47. The number of likely N-dealkylation sites (N-methyl/N-ethyl adjacent to an activating group) is 1. The number of phosphoric acid groups is 1. The van der Waals surface area contributed by atoms with Crippen molar-refractivity contribution in [3.63, 3.8) is 0 Å². The molecule has 0 spiro atoms. The monoisotopic (exact) mass is 988 g/mol. The number of nitrogens with one attached hydrogen (secondary N) is 1. The van der Waals surface area contributed by atoms with Crippen molar-refractivity contribution in [3.8, 4) is 0 Å². The molecule has 0 fully saturated rings. The lowest BCUT2D eigenvalue weighted by Crippen LogP contribution is -2.45. The van der Waals surface area contributed by atoms with Crippen LogP contribution in [0, 0.1) is 0 Å². The average Bonchev–Trinajstić information content (AvgIpc) is 3.31. The maximum atomic E-state index is 13.0.